The third-order valence-electron chi connectivity index (χ3n) is 7.15. The second-order valence-corrected chi connectivity index (χ2v) is 18.9. The van der Waals surface area contributed by atoms with E-state index in [-0.39, 0.29) is 30.2 Å². The molecule has 0 aliphatic rings. The van der Waals surface area contributed by atoms with Crippen molar-refractivity contribution >= 4 is 48.9 Å². The van der Waals surface area contributed by atoms with Gasteiger partial charge in [-0.25, -0.2) is 18.4 Å². The van der Waals surface area contributed by atoms with Gasteiger partial charge in [0.2, 0.25) is 11.9 Å². The molecule has 2 atom stereocenters. The van der Waals surface area contributed by atoms with Crippen molar-refractivity contribution in [2.45, 2.75) is 95.8 Å². The monoisotopic (exact) mass is 689 g/mol. The van der Waals surface area contributed by atoms with E-state index in [1.54, 1.807) is 11.6 Å². The number of rotatable bonds is 16. The van der Waals surface area contributed by atoms with Crippen molar-refractivity contribution in [2.24, 2.45) is 0 Å². The number of carbonyl (C=O) groups excluding carboxylic acids is 2. The Bertz CT molecular complexity index is 1460. The molecule has 2 amide bonds. The molecule has 1 unspecified atom stereocenters. The van der Waals surface area contributed by atoms with Gasteiger partial charge in [-0.05, 0) is 64.3 Å². The number of hydrogen-bond acceptors (Lipinski definition) is 6. The lowest BCUT2D eigenvalue weighted by atomic mass is 10.1. The van der Waals surface area contributed by atoms with E-state index in [2.05, 4.69) is 45.5 Å². The van der Waals surface area contributed by atoms with Crippen molar-refractivity contribution in [2.75, 3.05) is 11.9 Å². The largest absolute Gasteiger partial charge is 0.360 e. The highest BCUT2D eigenvalue weighted by molar-refractivity contribution is 6.76. The summed E-state index contributed by atoms with van der Waals surface area (Å²) in [5.41, 5.74) is 1.94. The van der Waals surface area contributed by atoms with Gasteiger partial charge >= 0.3 is 0 Å². The van der Waals surface area contributed by atoms with E-state index in [4.69, 9.17) is 27.9 Å². The quantitative estimate of drug-likeness (QED) is 0.0744. The molecule has 3 heterocycles. The maximum atomic E-state index is 15.4. The molecule has 0 radical (unpaired) electrons. The minimum Gasteiger partial charge on any atom is -0.360 e. The lowest BCUT2D eigenvalue weighted by Gasteiger charge is -2.20. The first-order valence-electron chi connectivity index (χ1n) is 14.6. The highest BCUT2D eigenvalue weighted by Gasteiger charge is 2.27. The van der Waals surface area contributed by atoms with Crippen molar-refractivity contribution in [3.8, 4) is 11.1 Å². The van der Waals surface area contributed by atoms with Gasteiger partial charge in [0, 0.05) is 37.7 Å². The second-order valence-electron chi connectivity index (χ2n) is 12.0. The van der Waals surface area contributed by atoms with E-state index in [0.29, 0.717) is 36.4 Å². The van der Waals surface area contributed by atoms with Crippen molar-refractivity contribution in [3.63, 3.8) is 0 Å². The van der Waals surface area contributed by atoms with E-state index < -0.39 is 49.2 Å². The van der Waals surface area contributed by atoms with E-state index in [0.717, 1.165) is 10.7 Å². The van der Waals surface area contributed by atoms with E-state index >= 15 is 4.39 Å². The number of alkyl halides is 4. The van der Waals surface area contributed by atoms with Crippen LogP contribution in [0.2, 0.25) is 25.7 Å². The second kappa shape index (κ2) is 16.1. The molecule has 2 N–H and O–H groups in total. The highest BCUT2D eigenvalue weighted by Crippen LogP contribution is 2.30. The number of pyridine rings is 1. The van der Waals surface area contributed by atoms with Crippen LogP contribution in [0.5, 0.6) is 0 Å². The van der Waals surface area contributed by atoms with Gasteiger partial charge in [0.15, 0.2) is 0 Å². The van der Waals surface area contributed by atoms with Crippen molar-refractivity contribution in [1.82, 2.24) is 29.9 Å². The van der Waals surface area contributed by atoms with E-state index in [1.807, 2.05) is 6.92 Å². The fourth-order valence-electron chi connectivity index (χ4n) is 4.55. The molecular formula is C29H40Cl2F3N7O3Si. The summed E-state index contributed by atoms with van der Waals surface area (Å²) in [4.78, 5) is 29.5. The first-order valence-corrected chi connectivity index (χ1v) is 19.2. The van der Waals surface area contributed by atoms with Crippen LogP contribution >= 0.6 is 23.2 Å². The number of aromatic nitrogens is 5. The fourth-order valence-corrected chi connectivity index (χ4v) is 5.61. The number of ether oxygens (including phenoxy) is 1. The molecule has 0 saturated heterocycles. The molecule has 0 saturated carbocycles. The molecule has 3 aromatic heterocycles. The number of carbonyl (C=O) groups is 2. The van der Waals surface area contributed by atoms with Crippen LogP contribution in [-0.4, -0.2) is 68.3 Å². The molecule has 0 aromatic carbocycles. The number of halogens is 5. The summed E-state index contributed by atoms with van der Waals surface area (Å²) in [7, 11) is -1.24. The number of anilines is 1. The number of amides is 2. The number of hydrogen-bond donors (Lipinski definition) is 2. The summed E-state index contributed by atoms with van der Waals surface area (Å²) in [5, 5.41) is 13.4. The predicted molar refractivity (Wildman–Crippen MR) is 171 cm³/mol. The zero-order valence-corrected chi connectivity index (χ0v) is 28.7. The maximum absolute atomic E-state index is 15.4. The average Bonchev–Trinajstić information content (AvgIpc) is 3.54. The van der Waals surface area contributed by atoms with Crippen LogP contribution in [0.1, 0.15) is 54.1 Å². The molecule has 0 fully saturated rings. The van der Waals surface area contributed by atoms with Crippen LogP contribution in [0.15, 0.2) is 24.4 Å². The van der Waals surface area contributed by atoms with Crippen molar-refractivity contribution < 1.29 is 27.5 Å². The van der Waals surface area contributed by atoms with Gasteiger partial charge in [0.25, 0.3) is 12.3 Å². The molecule has 248 valence electrons. The molecule has 45 heavy (non-hydrogen) atoms. The van der Waals surface area contributed by atoms with Crippen LogP contribution in [0.3, 0.4) is 0 Å². The summed E-state index contributed by atoms with van der Waals surface area (Å²) in [6.07, 6.45) is -0.741. The van der Waals surface area contributed by atoms with E-state index in [9.17, 15) is 18.4 Å². The molecule has 0 spiro atoms. The fraction of sp³-hybridized carbons (Fsp3) is 0.552. The molecule has 3 rings (SSSR count). The topological polar surface area (TPSA) is 116 Å². The highest BCUT2D eigenvalue weighted by atomic mass is 35.5. The summed E-state index contributed by atoms with van der Waals surface area (Å²) in [6, 6.07) is 2.73. The summed E-state index contributed by atoms with van der Waals surface area (Å²) in [5.74, 6) is -2.37. The smallest absolute Gasteiger partial charge is 0.270 e. The molecule has 0 aliphatic heterocycles. The van der Waals surface area contributed by atoms with E-state index in [1.165, 1.54) is 31.3 Å². The lowest BCUT2D eigenvalue weighted by molar-refractivity contribution is -0.118. The molecular weight excluding hydrogens is 650 g/mol. The minimum atomic E-state index is -2.76. The first kappa shape index (κ1) is 36.5. The first-order chi connectivity index (χ1) is 21.1. The van der Waals surface area contributed by atoms with Crippen LogP contribution in [-0.2, 0) is 16.3 Å². The van der Waals surface area contributed by atoms with Gasteiger partial charge in [-0.1, -0.05) is 19.6 Å². The number of nitrogens with one attached hydrogen (secondary N) is 2. The Kier molecular flexibility index (Phi) is 13.0. The average molecular weight is 691 g/mol. The Balaban J connectivity index is 1.76. The van der Waals surface area contributed by atoms with Gasteiger partial charge in [-0.15, -0.1) is 23.2 Å². The molecule has 10 nitrogen and oxygen atoms in total. The van der Waals surface area contributed by atoms with Crippen LogP contribution in [0.4, 0.5) is 19.0 Å². The number of aryl methyl sites for hydroxylation is 1. The van der Waals surface area contributed by atoms with Crippen molar-refractivity contribution in [1.29, 1.82) is 0 Å². The molecule has 0 aliphatic carbocycles. The Morgan fingerprint density at radius 3 is 2.44 bits per heavy atom. The predicted octanol–water partition coefficient (Wildman–Crippen LogP) is 6.75. The summed E-state index contributed by atoms with van der Waals surface area (Å²) >= 11 is 11.7. The minimum absolute atomic E-state index is 0.0817. The van der Waals surface area contributed by atoms with Crippen LogP contribution in [0, 0.1) is 19.8 Å². The maximum Gasteiger partial charge on any atom is 0.270 e. The Morgan fingerprint density at radius 2 is 1.82 bits per heavy atom. The van der Waals surface area contributed by atoms with Crippen molar-refractivity contribution in [3.05, 3.63) is 47.4 Å². The standard InChI is InChI=1S/C29H40Cl2F3N7O3Si/c1-17-25(18(2)40(39-17)16-44-14-15-45(4,5)6)20-10-11-24(37-27(20)34)38-28(42)21(8-7-9-23(30)31)36-29(43)22-12-13-35-41(22)19(3)26(32)33/h10-13,19,21,23,26H,7-9,14-16H2,1-6H3,(H,36,43)(H,37,38,42)/t19?,21-/m0/s1. The Morgan fingerprint density at radius 1 is 1.11 bits per heavy atom. The number of nitrogens with zero attached hydrogens (tertiary/aromatic N) is 5. The van der Waals surface area contributed by atoms with Gasteiger partial charge in [0.05, 0.1) is 5.69 Å². The lowest BCUT2D eigenvalue weighted by Crippen LogP contribution is -2.44. The Hall–Kier alpha value is -2.94. The zero-order valence-electron chi connectivity index (χ0n) is 26.2. The van der Waals surface area contributed by atoms with Gasteiger partial charge in [-0.2, -0.15) is 14.6 Å². The third kappa shape index (κ3) is 10.3. The SMILES string of the molecule is Cc1nn(COCC[Si](C)(C)C)c(C)c1-c1ccc(NC(=O)[C@H](CCCC(Cl)Cl)NC(=O)c2ccnn2C(C)C(F)F)nc1F. The van der Waals surface area contributed by atoms with Gasteiger partial charge in [0.1, 0.15) is 35.2 Å². The Labute approximate surface area is 272 Å². The third-order valence-corrected chi connectivity index (χ3v) is 9.29. The summed E-state index contributed by atoms with van der Waals surface area (Å²) < 4.78 is 50.3. The van der Waals surface area contributed by atoms with Crippen LogP contribution in [0.25, 0.3) is 11.1 Å². The molecule has 0 bridgehead atoms. The summed E-state index contributed by atoms with van der Waals surface area (Å²) in [6.45, 7) is 12.5. The zero-order chi connectivity index (χ0) is 33.5. The molecule has 3 aromatic rings. The van der Waals surface area contributed by atoms with Gasteiger partial charge in [-0.3, -0.25) is 14.3 Å². The molecule has 16 heteroatoms. The normalized spacial score (nSPS) is 13.4. The van der Waals surface area contributed by atoms with Crippen LogP contribution < -0.4 is 10.6 Å². The van der Waals surface area contributed by atoms with Gasteiger partial charge < -0.3 is 15.4 Å².